The molecule has 1 aromatic rings. The van der Waals surface area contributed by atoms with Crippen molar-refractivity contribution in [2.75, 3.05) is 0 Å². The summed E-state index contributed by atoms with van der Waals surface area (Å²) in [6.07, 6.45) is 10.8. The standard InChI is InChI=1S/C20H24O2/c1-3-12-10-13-11-14(21)4-5-15(13)16-8-9-20(2)17(19(12)16)6-7-18(20)22/h1,4-5,11-12,16-19,21-22H,6-10H2,2H3/t12?,16-,17+,18?,19-,20+/m1/s1. The lowest BCUT2D eigenvalue weighted by molar-refractivity contribution is -0.0309. The first-order valence-electron chi connectivity index (χ1n) is 8.50. The molecule has 3 aliphatic rings. The van der Waals surface area contributed by atoms with Crippen molar-refractivity contribution in [2.24, 2.45) is 23.2 Å². The Labute approximate surface area is 132 Å². The molecule has 0 saturated heterocycles. The van der Waals surface area contributed by atoms with Gasteiger partial charge in [-0.25, -0.2) is 0 Å². The van der Waals surface area contributed by atoms with E-state index in [-0.39, 0.29) is 17.4 Å². The van der Waals surface area contributed by atoms with E-state index in [4.69, 9.17) is 6.42 Å². The van der Waals surface area contributed by atoms with Gasteiger partial charge >= 0.3 is 0 Å². The van der Waals surface area contributed by atoms with Gasteiger partial charge in [-0.2, -0.15) is 0 Å². The van der Waals surface area contributed by atoms with E-state index in [0.29, 0.717) is 23.5 Å². The van der Waals surface area contributed by atoms with Crippen LogP contribution in [0.3, 0.4) is 0 Å². The minimum Gasteiger partial charge on any atom is -0.508 e. The summed E-state index contributed by atoms with van der Waals surface area (Å²) < 4.78 is 0. The van der Waals surface area contributed by atoms with E-state index in [2.05, 4.69) is 18.9 Å². The molecule has 2 saturated carbocycles. The average molecular weight is 296 g/mol. The zero-order chi connectivity index (χ0) is 15.5. The van der Waals surface area contributed by atoms with Crippen molar-refractivity contribution in [2.45, 2.75) is 51.0 Å². The Morgan fingerprint density at radius 2 is 2.09 bits per heavy atom. The van der Waals surface area contributed by atoms with Gasteiger partial charge in [0.1, 0.15) is 5.75 Å². The van der Waals surface area contributed by atoms with Gasteiger partial charge in [0.25, 0.3) is 0 Å². The van der Waals surface area contributed by atoms with Crippen LogP contribution in [0.1, 0.15) is 49.7 Å². The van der Waals surface area contributed by atoms with Crippen LogP contribution in [0, 0.1) is 35.5 Å². The highest BCUT2D eigenvalue weighted by Crippen LogP contribution is 2.62. The van der Waals surface area contributed by atoms with Gasteiger partial charge < -0.3 is 10.2 Å². The molecular weight excluding hydrogens is 272 g/mol. The summed E-state index contributed by atoms with van der Waals surface area (Å²) in [5.74, 6) is 5.12. The number of hydrogen-bond acceptors (Lipinski definition) is 2. The van der Waals surface area contributed by atoms with Gasteiger partial charge in [-0.05, 0) is 78.5 Å². The molecule has 0 heterocycles. The largest absolute Gasteiger partial charge is 0.508 e. The molecule has 2 N–H and O–H groups in total. The number of benzene rings is 1. The van der Waals surface area contributed by atoms with Crippen LogP contribution in [0.5, 0.6) is 5.75 Å². The lowest BCUT2D eigenvalue weighted by Crippen LogP contribution is -2.46. The number of rotatable bonds is 0. The third kappa shape index (κ3) is 1.78. The van der Waals surface area contributed by atoms with Crippen molar-refractivity contribution in [3.05, 3.63) is 29.3 Å². The number of fused-ring (bicyclic) bond motifs is 5. The molecule has 2 nitrogen and oxygen atoms in total. The maximum atomic E-state index is 10.5. The molecule has 2 heteroatoms. The molecule has 3 aliphatic carbocycles. The highest BCUT2D eigenvalue weighted by Gasteiger charge is 2.56. The second-order valence-electron chi connectivity index (χ2n) is 7.79. The first-order chi connectivity index (χ1) is 10.5. The number of phenolic OH excluding ortho intramolecular Hbond substituents is 1. The van der Waals surface area contributed by atoms with Crippen molar-refractivity contribution < 1.29 is 10.2 Å². The van der Waals surface area contributed by atoms with Crippen molar-refractivity contribution in [1.82, 2.24) is 0 Å². The minimum absolute atomic E-state index is 0.0463. The SMILES string of the molecule is C#CC1Cc2cc(O)ccc2[C@H]2CC[C@]3(C)C(O)CC[C@H]3[C@H]12. The van der Waals surface area contributed by atoms with Crippen LogP contribution in [0.25, 0.3) is 0 Å². The van der Waals surface area contributed by atoms with E-state index >= 15 is 0 Å². The first-order valence-corrected chi connectivity index (χ1v) is 8.50. The number of hydrogen-bond donors (Lipinski definition) is 2. The summed E-state index contributed by atoms with van der Waals surface area (Å²) in [6, 6.07) is 5.81. The third-order valence-corrected chi connectivity index (χ3v) is 6.93. The van der Waals surface area contributed by atoms with Crippen LogP contribution in [0.2, 0.25) is 0 Å². The summed E-state index contributed by atoms with van der Waals surface area (Å²) in [6.45, 7) is 2.27. The third-order valence-electron chi connectivity index (χ3n) is 6.93. The summed E-state index contributed by atoms with van der Waals surface area (Å²) >= 11 is 0. The van der Waals surface area contributed by atoms with Gasteiger partial charge in [-0.1, -0.05) is 13.0 Å². The Hall–Kier alpha value is -1.46. The van der Waals surface area contributed by atoms with Crippen molar-refractivity contribution in [3.63, 3.8) is 0 Å². The number of phenols is 1. The van der Waals surface area contributed by atoms with Gasteiger partial charge in [0.05, 0.1) is 6.10 Å². The normalized spacial score (nSPS) is 42.9. The summed E-state index contributed by atoms with van der Waals surface area (Å²) in [7, 11) is 0. The van der Waals surface area contributed by atoms with Gasteiger partial charge in [0.15, 0.2) is 0 Å². The fraction of sp³-hybridized carbons (Fsp3) is 0.600. The lowest BCUT2D eigenvalue weighted by Gasteiger charge is -2.52. The molecule has 6 atom stereocenters. The fourth-order valence-corrected chi connectivity index (χ4v) is 5.76. The molecule has 0 aromatic heterocycles. The van der Waals surface area contributed by atoms with Gasteiger partial charge in [0, 0.05) is 5.92 Å². The predicted octanol–water partition coefficient (Wildman–Crippen LogP) is 3.47. The van der Waals surface area contributed by atoms with Crippen LogP contribution in [0.4, 0.5) is 0 Å². The maximum absolute atomic E-state index is 10.5. The Balaban J connectivity index is 1.79. The van der Waals surface area contributed by atoms with E-state index in [1.54, 1.807) is 0 Å². The van der Waals surface area contributed by atoms with E-state index in [9.17, 15) is 10.2 Å². The number of aliphatic hydroxyl groups is 1. The molecule has 4 rings (SSSR count). The molecule has 0 bridgehead atoms. The summed E-state index contributed by atoms with van der Waals surface area (Å²) in [5.41, 5.74) is 2.66. The zero-order valence-corrected chi connectivity index (χ0v) is 13.1. The Morgan fingerprint density at radius 1 is 1.27 bits per heavy atom. The first kappa shape index (κ1) is 14.2. The second-order valence-corrected chi connectivity index (χ2v) is 7.79. The molecule has 2 unspecified atom stereocenters. The molecule has 22 heavy (non-hydrogen) atoms. The molecule has 0 spiro atoms. The Morgan fingerprint density at radius 3 is 2.86 bits per heavy atom. The van der Waals surface area contributed by atoms with Crippen LogP contribution in [-0.4, -0.2) is 16.3 Å². The number of terminal acetylenes is 1. The van der Waals surface area contributed by atoms with E-state index in [0.717, 1.165) is 32.1 Å². The number of aliphatic hydroxyl groups excluding tert-OH is 1. The number of aromatic hydroxyl groups is 1. The summed E-state index contributed by atoms with van der Waals surface area (Å²) in [4.78, 5) is 0. The second kappa shape index (κ2) is 4.77. The van der Waals surface area contributed by atoms with Crippen molar-refractivity contribution in [3.8, 4) is 18.1 Å². The molecular formula is C20H24O2. The average Bonchev–Trinajstić information content (AvgIpc) is 2.81. The molecule has 116 valence electrons. The van der Waals surface area contributed by atoms with E-state index in [1.807, 2.05) is 12.1 Å². The molecule has 0 amide bonds. The Bertz CT molecular complexity index is 644. The topological polar surface area (TPSA) is 40.5 Å². The molecule has 0 radical (unpaired) electrons. The van der Waals surface area contributed by atoms with Crippen LogP contribution in [0.15, 0.2) is 18.2 Å². The highest BCUT2D eigenvalue weighted by atomic mass is 16.3. The maximum Gasteiger partial charge on any atom is 0.115 e. The molecule has 1 aromatic carbocycles. The quantitative estimate of drug-likeness (QED) is 0.720. The van der Waals surface area contributed by atoms with E-state index in [1.165, 1.54) is 11.1 Å². The zero-order valence-electron chi connectivity index (χ0n) is 13.1. The molecule has 0 aliphatic heterocycles. The lowest BCUT2D eigenvalue weighted by atomic mass is 9.52. The van der Waals surface area contributed by atoms with Gasteiger partial charge in [-0.3, -0.25) is 0 Å². The fourth-order valence-electron chi connectivity index (χ4n) is 5.76. The van der Waals surface area contributed by atoms with Crippen LogP contribution < -0.4 is 0 Å². The van der Waals surface area contributed by atoms with Gasteiger partial charge in [0.2, 0.25) is 0 Å². The van der Waals surface area contributed by atoms with Crippen molar-refractivity contribution >= 4 is 0 Å². The van der Waals surface area contributed by atoms with Crippen LogP contribution in [-0.2, 0) is 6.42 Å². The minimum atomic E-state index is -0.168. The monoisotopic (exact) mass is 296 g/mol. The highest BCUT2D eigenvalue weighted by molar-refractivity contribution is 5.41. The smallest absolute Gasteiger partial charge is 0.115 e. The Kier molecular flexibility index (Phi) is 3.07. The van der Waals surface area contributed by atoms with Crippen LogP contribution >= 0.6 is 0 Å². The van der Waals surface area contributed by atoms with E-state index < -0.39 is 0 Å². The van der Waals surface area contributed by atoms with Crippen molar-refractivity contribution in [1.29, 1.82) is 0 Å². The molecule has 2 fully saturated rings. The predicted molar refractivity (Wildman–Crippen MR) is 86.4 cm³/mol. The summed E-state index contributed by atoms with van der Waals surface area (Å²) in [5, 5.41) is 20.3. The van der Waals surface area contributed by atoms with Gasteiger partial charge in [-0.15, -0.1) is 12.3 Å².